The maximum Gasteiger partial charge on any atom is 0.205 e. The summed E-state index contributed by atoms with van der Waals surface area (Å²) in [5.74, 6) is -1.73. The van der Waals surface area contributed by atoms with Crippen LogP contribution in [-0.2, 0) is 19.0 Å². The lowest BCUT2D eigenvalue weighted by atomic mass is 9.83. The van der Waals surface area contributed by atoms with Crippen LogP contribution in [0.15, 0.2) is 11.8 Å². The summed E-state index contributed by atoms with van der Waals surface area (Å²) in [6, 6.07) is 0. The molecule has 142 valence electrons. The zero-order valence-electron chi connectivity index (χ0n) is 13.7. The number of carbonyl (C=O) groups excluding carboxylic acids is 1. The molecular formula is C16H23O9-. The van der Waals surface area contributed by atoms with Gasteiger partial charge in [-0.2, -0.15) is 0 Å². The second-order valence-corrected chi connectivity index (χ2v) is 6.94. The van der Waals surface area contributed by atoms with Crippen molar-refractivity contribution >= 4 is 5.97 Å². The Kier molecular flexibility index (Phi) is 5.33. The molecule has 1 saturated carbocycles. The highest BCUT2D eigenvalue weighted by Crippen LogP contribution is 2.47. The van der Waals surface area contributed by atoms with Gasteiger partial charge in [0.15, 0.2) is 6.29 Å². The lowest BCUT2D eigenvalue weighted by Crippen LogP contribution is -2.60. The summed E-state index contributed by atoms with van der Waals surface area (Å²) in [5, 5.41) is 50.2. The Morgan fingerprint density at radius 1 is 1.24 bits per heavy atom. The predicted octanol–water partition coefficient (Wildman–Crippen LogP) is -2.54. The minimum absolute atomic E-state index is 0.0861. The number of fused-ring (bicyclic) bond motifs is 1. The Morgan fingerprint density at radius 2 is 1.96 bits per heavy atom. The van der Waals surface area contributed by atoms with Crippen molar-refractivity contribution in [2.24, 2.45) is 17.8 Å². The van der Waals surface area contributed by atoms with Crippen molar-refractivity contribution in [3.8, 4) is 0 Å². The van der Waals surface area contributed by atoms with Crippen LogP contribution in [0.5, 0.6) is 0 Å². The Labute approximate surface area is 144 Å². The first-order chi connectivity index (χ1) is 11.8. The standard InChI is InChI=1S/C16H24O9/c1-6-2-3-7-8(14(21)22)5-23-15(10(6)7)25-16-13(20)12(19)11(18)9(4-17)24-16/h5-7,9-13,15-20H,2-4H2,1H3,(H,21,22)/p-1/t6-,7-,9-,10-,11-,12+,13-,15+,16+/m1/s1. The Hall–Kier alpha value is -1.23. The molecule has 2 aliphatic heterocycles. The number of aliphatic hydroxyl groups excluding tert-OH is 4. The van der Waals surface area contributed by atoms with Crippen LogP contribution in [0.25, 0.3) is 0 Å². The molecule has 2 heterocycles. The van der Waals surface area contributed by atoms with Crippen molar-refractivity contribution in [3.05, 3.63) is 11.8 Å². The third-order valence-electron chi connectivity index (χ3n) is 5.45. The first kappa shape index (κ1) is 18.6. The fourth-order valence-corrected chi connectivity index (χ4v) is 4.00. The van der Waals surface area contributed by atoms with Crippen molar-refractivity contribution in [1.29, 1.82) is 0 Å². The summed E-state index contributed by atoms with van der Waals surface area (Å²) in [4.78, 5) is 11.3. The Balaban J connectivity index is 1.77. The summed E-state index contributed by atoms with van der Waals surface area (Å²) < 4.78 is 16.4. The molecule has 0 aromatic rings. The van der Waals surface area contributed by atoms with Crippen LogP contribution < -0.4 is 5.11 Å². The van der Waals surface area contributed by atoms with E-state index in [0.717, 1.165) is 12.7 Å². The van der Waals surface area contributed by atoms with Crippen molar-refractivity contribution < 1.29 is 44.5 Å². The zero-order chi connectivity index (χ0) is 18.3. The molecule has 0 aromatic carbocycles. The van der Waals surface area contributed by atoms with E-state index in [4.69, 9.17) is 14.2 Å². The molecule has 0 unspecified atom stereocenters. The number of hydrogen-bond donors (Lipinski definition) is 4. The zero-order valence-corrected chi connectivity index (χ0v) is 13.7. The van der Waals surface area contributed by atoms with Crippen LogP contribution >= 0.6 is 0 Å². The van der Waals surface area contributed by atoms with E-state index in [1.165, 1.54) is 0 Å². The minimum Gasteiger partial charge on any atom is -0.545 e. The summed E-state index contributed by atoms with van der Waals surface area (Å²) in [7, 11) is 0. The van der Waals surface area contributed by atoms with E-state index >= 15 is 0 Å². The summed E-state index contributed by atoms with van der Waals surface area (Å²) in [6.07, 6.45) is -5.31. The number of carbonyl (C=O) groups is 1. The molecule has 2 fully saturated rings. The average Bonchev–Trinajstić information content (AvgIpc) is 2.97. The highest BCUT2D eigenvalue weighted by molar-refractivity contribution is 5.85. The van der Waals surface area contributed by atoms with Crippen LogP contribution in [0.4, 0.5) is 0 Å². The van der Waals surface area contributed by atoms with Gasteiger partial charge in [-0.3, -0.25) is 0 Å². The number of aliphatic carboxylic acids is 1. The second kappa shape index (κ2) is 7.18. The molecule has 9 heteroatoms. The highest BCUT2D eigenvalue weighted by Gasteiger charge is 2.49. The van der Waals surface area contributed by atoms with E-state index < -0.39 is 49.6 Å². The SMILES string of the molecule is C[C@@H]1CC[C@@H]2C(C(=O)[O-])=CO[C@@H](O[C@@H]3O[C@H](CO)[C@@H](O)[C@H](O)[C@H]3O)[C@H]12. The van der Waals surface area contributed by atoms with E-state index in [0.29, 0.717) is 6.42 Å². The third kappa shape index (κ3) is 3.27. The van der Waals surface area contributed by atoms with E-state index in [2.05, 4.69) is 0 Å². The van der Waals surface area contributed by atoms with Crippen LogP contribution in [0, 0.1) is 17.8 Å². The van der Waals surface area contributed by atoms with Gasteiger partial charge in [-0.15, -0.1) is 0 Å². The summed E-state index contributed by atoms with van der Waals surface area (Å²) in [5.41, 5.74) is 0.0861. The van der Waals surface area contributed by atoms with Gasteiger partial charge in [-0.1, -0.05) is 6.92 Å². The Morgan fingerprint density at radius 3 is 2.60 bits per heavy atom. The quantitative estimate of drug-likeness (QED) is 0.426. The number of aliphatic hydroxyl groups is 4. The van der Waals surface area contributed by atoms with Crippen molar-refractivity contribution in [1.82, 2.24) is 0 Å². The summed E-state index contributed by atoms with van der Waals surface area (Å²) in [6.45, 7) is 1.39. The van der Waals surface area contributed by atoms with E-state index in [1.54, 1.807) is 0 Å². The molecule has 0 spiro atoms. The fraction of sp³-hybridized carbons (Fsp3) is 0.812. The van der Waals surface area contributed by atoms with Gasteiger partial charge >= 0.3 is 0 Å². The smallest absolute Gasteiger partial charge is 0.205 e. The number of ether oxygens (including phenoxy) is 3. The third-order valence-corrected chi connectivity index (χ3v) is 5.45. The molecule has 0 radical (unpaired) electrons. The lowest BCUT2D eigenvalue weighted by Gasteiger charge is -2.43. The predicted molar refractivity (Wildman–Crippen MR) is 78.2 cm³/mol. The molecule has 4 N–H and O–H groups in total. The normalized spacial score (nSPS) is 46.9. The first-order valence-corrected chi connectivity index (χ1v) is 8.38. The van der Waals surface area contributed by atoms with Crippen molar-refractivity contribution in [2.75, 3.05) is 6.61 Å². The van der Waals surface area contributed by atoms with Gasteiger partial charge in [0.1, 0.15) is 24.4 Å². The molecule has 25 heavy (non-hydrogen) atoms. The molecule has 9 nitrogen and oxygen atoms in total. The minimum atomic E-state index is -1.55. The fourth-order valence-electron chi connectivity index (χ4n) is 4.00. The molecule has 1 saturated heterocycles. The van der Waals surface area contributed by atoms with Gasteiger partial charge in [0.05, 0.1) is 18.8 Å². The molecule has 9 atom stereocenters. The molecule has 3 aliphatic rings. The van der Waals surface area contributed by atoms with Crippen LogP contribution in [-0.4, -0.2) is 70.0 Å². The molecule has 0 bridgehead atoms. The van der Waals surface area contributed by atoms with E-state index in [9.17, 15) is 30.3 Å². The van der Waals surface area contributed by atoms with Gasteiger partial charge < -0.3 is 44.5 Å². The monoisotopic (exact) mass is 359 g/mol. The second-order valence-electron chi connectivity index (χ2n) is 6.94. The molecule has 0 aromatic heterocycles. The van der Waals surface area contributed by atoms with E-state index in [1.807, 2.05) is 6.92 Å². The molecule has 1 aliphatic carbocycles. The van der Waals surface area contributed by atoms with Gasteiger partial charge in [0.2, 0.25) is 6.29 Å². The van der Waals surface area contributed by atoms with Gasteiger partial charge in [0, 0.05) is 11.5 Å². The molecule has 3 rings (SSSR count). The number of carboxylic acids is 1. The number of rotatable bonds is 4. The average molecular weight is 359 g/mol. The number of hydrogen-bond acceptors (Lipinski definition) is 9. The van der Waals surface area contributed by atoms with Gasteiger partial charge in [-0.05, 0) is 24.7 Å². The summed E-state index contributed by atoms with van der Waals surface area (Å²) >= 11 is 0. The maximum absolute atomic E-state index is 11.3. The lowest BCUT2D eigenvalue weighted by molar-refractivity contribution is -0.343. The largest absolute Gasteiger partial charge is 0.545 e. The van der Waals surface area contributed by atoms with Crippen molar-refractivity contribution in [3.63, 3.8) is 0 Å². The van der Waals surface area contributed by atoms with Gasteiger partial charge in [-0.25, -0.2) is 0 Å². The highest BCUT2D eigenvalue weighted by atomic mass is 16.8. The topological polar surface area (TPSA) is 149 Å². The van der Waals surface area contributed by atoms with E-state index in [-0.39, 0.29) is 23.3 Å². The maximum atomic E-state index is 11.3. The van der Waals surface area contributed by atoms with Crippen molar-refractivity contribution in [2.45, 2.75) is 56.8 Å². The number of carboxylic acid groups (broad SMARTS) is 1. The Bertz CT molecular complexity index is 534. The van der Waals surface area contributed by atoms with Gasteiger partial charge in [0.25, 0.3) is 0 Å². The van der Waals surface area contributed by atoms with Crippen LogP contribution in [0.1, 0.15) is 19.8 Å². The first-order valence-electron chi connectivity index (χ1n) is 8.38. The van der Waals surface area contributed by atoms with Crippen LogP contribution in [0.3, 0.4) is 0 Å². The molecular weight excluding hydrogens is 336 g/mol. The van der Waals surface area contributed by atoms with Crippen LogP contribution in [0.2, 0.25) is 0 Å². The molecule has 0 amide bonds.